The monoisotopic (exact) mass is 692 g/mol. The zero-order valence-corrected chi connectivity index (χ0v) is 24.8. The Kier molecular flexibility index (Phi) is 9.45. The van der Waals surface area contributed by atoms with Gasteiger partial charge in [0.1, 0.15) is 17.2 Å². The number of halogens is 3. The van der Waals surface area contributed by atoms with Crippen LogP contribution in [-0.4, -0.2) is 15.3 Å². The average molecular weight is 695 g/mol. The van der Waals surface area contributed by atoms with E-state index in [0.29, 0.717) is 5.75 Å². The summed E-state index contributed by atoms with van der Waals surface area (Å²) in [6, 6.07) is 38.3. The summed E-state index contributed by atoms with van der Waals surface area (Å²) < 4.78 is 2.55. The number of aromatic hydroxyl groups is 3. The van der Waals surface area contributed by atoms with Gasteiger partial charge in [-0.3, -0.25) is 0 Å². The molecule has 0 aliphatic rings. The minimum absolute atomic E-state index is 0.273. The van der Waals surface area contributed by atoms with E-state index in [1.165, 1.54) is 5.56 Å². The first kappa shape index (κ1) is 27.7. The van der Waals surface area contributed by atoms with Crippen LogP contribution in [0.3, 0.4) is 0 Å². The van der Waals surface area contributed by atoms with E-state index in [2.05, 4.69) is 47.8 Å². The zero-order chi connectivity index (χ0) is 27.1. The van der Waals surface area contributed by atoms with Crippen molar-refractivity contribution >= 4 is 69.3 Å². The third-order valence-corrected chi connectivity index (χ3v) is 7.87. The molecule has 0 bridgehead atoms. The molecule has 0 spiro atoms. The van der Waals surface area contributed by atoms with Crippen LogP contribution in [0.1, 0.15) is 0 Å². The van der Waals surface area contributed by atoms with Gasteiger partial charge in [-0.1, -0.05) is 101 Å². The van der Waals surface area contributed by atoms with E-state index < -0.39 is 0 Å². The second-order valence-corrected chi connectivity index (χ2v) is 10.8. The molecule has 3 N–H and O–H groups in total. The number of phenolic OH excluding ortho intramolecular Hbond substituents is 3. The molecule has 38 heavy (non-hydrogen) atoms. The molecule has 3 nitrogen and oxygen atoms in total. The molecule has 0 amide bonds. The lowest BCUT2D eigenvalue weighted by Crippen LogP contribution is -1.75. The number of phenols is 3. The molecule has 0 unspecified atom stereocenters. The lowest BCUT2D eigenvalue weighted by molar-refractivity contribution is 0.472. The molecular formula is C32H23Br3O3. The summed E-state index contributed by atoms with van der Waals surface area (Å²) in [5.41, 5.74) is 2.29. The smallest absolute Gasteiger partial charge is 0.130 e. The van der Waals surface area contributed by atoms with Crippen LogP contribution in [0.4, 0.5) is 0 Å². The molecule has 0 aliphatic carbocycles. The molecule has 0 saturated carbocycles. The van der Waals surface area contributed by atoms with Crippen LogP contribution in [0, 0.1) is 0 Å². The van der Waals surface area contributed by atoms with Gasteiger partial charge in [0.2, 0.25) is 0 Å². The van der Waals surface area contributed by atoms with E-state index >= 15 is 0 Å². The quantitative estimate of drug-likeness (QED) is 0.161. The fourth-order valence-electron chi connectivity index (χ4n) is 3.76. The third kappa shape index (κ3) is 6.95. The van der Waals surface area contributed by atoms with Gasteiger partial charge in [0.05, 0.1) is 8.95 Å². The first-order valence-corrected chi connectivity index (χ1v) is 14.0. The molecule has 0 atom stereocenters. The van der Waals surface area contributed by atoms with Crippen molar-refractivity contribution in [1.82, 2.24) is 0 Å². The van der Waals surface area contributed by atoms with Gasteiger partial charge in [0.15, 0.2) is 0 Å². The third-order valence-electron chi connectivity index (χ3n) is 5.71. The lowest BCUT2D eigenvalue weighted by atomic mass is 10.1. The van der Waals surface area contributed by atoms with Gasteiger partial charge in [-0.05, 0) is 101 Å². The Hall–Kier alpha value is -3.32. The van der Waals surface area contributed by atoms with Crippen molar-refractivity contribution in [3.8, 4) is 28.4 Å². The molecule has 0 saturated heterocycles. The van der Waals surface area contributed by atoms with Crippen LogP contribution < -0.4 is 0 Å². The second kappa shape index (κ2) is 13.0. The number of hydrogen-bond acceptors (Lipinski definition) is 3. The topological polar surface area (TPSA) is 60.7 Å². The van der Waals surface area contributed by atoms with Crippen molar-refractivity contribution in [3.63, 3.8) is 0 Å². The maximum atomic E-state index is 9.43. The Morgan fingerprint density at radius 1 is 0.421 bits per heavy atom. The van der Waals surface area contributed by atoms with Gasteiger partial charge in [0, 0.05) is 4.47 Å². The van der Waals surface area contributed by atoms with Crippen LogP contribution >= 0.6 is 47.8 Å². The molecule has 190 valence electrons. The Morgan fingerprint density at radius 3 is 1.61 bits per heavy atom. The number of hydrogen-bond donors (Lipinski definition) is 3. The van der Waals surface area contributed by atoms with Crippen molar-refractivity contribution < 1.29 is 15.3 Å². The summed E-state index contributed by atoms with van der Waals surface area (Å²) in [6.45, 7) is 0. The van der Waals surface area contributed by atoms with E-state index in [9.17, 15) is 10.2 Å². The van der Waals surface area contributed by atoms with Crippen molar-refractivity contribution in [3.05, 3.63) is 135 Å². The molecule has 0 aliphatic heterocycles. The van der Waals surface area contributed by atoms with Crippen molar-refractivity contribution in [1.29, 1.82) is 0 Å². The first-order chi connectivity index (χ1) is 18.3. The summed E-state index contributed by atoms with van der Waals surface area (Å²) in [4.78, 5) is 0. The summed E-state index contributed by atoms with van der Waals surface area (Å²) >= 11 is 10.1. The molecule has 6 rings (SSSR count). The summed E-state index contributed by atoms with van der Waals surface area (Å²) in [5, 5.41) is 32.2. The molecule has 0 fully saturated rings. The molecule has 0 aromatic heterocycles. The minimum atomic E-state index is 0.273. The lowest BCUT2D eigenvalue weighted by Gasteiger charge is -2.02. The number of fused-ring (bicyclic) bond motifs is 2. The maximum absolute atomic E-state index is 9.43. The number of benzene rings is 6. The summed E-state index contributed by atoms with van der Waals surface area (Å²) in [6.07, 6.45) is 0. The van der Waals surface area contributed by atoms with Crippen LogP contribution in [0.25, 0.3) is 32.7 Å². The minimum Gasteiger partial charge on any atom is -0.508 e. The molecule has 6 heteroatoms. The highest BCUT2D eigenvalue weighted by molar-refractivity contribution is 9.11. The molecule has 6 aromatic carbocycles. The molecule has 0 radical (unpaired) electrons. The highest BCUT2D eigenvalue weighted by Crippen LogP contribution is 2.33. The fraction of sp³-hybridized carbons (Fsp3) is 0. The summed E-state index contributed by atoms with van der Waals surface area (Å²) in [5.74, 6) is 0.864. The van der Waals surface area contributed by atoms with E-state index in [4.69, 9.17) is 5.11 Å². The van der Waals surface area contributed by atoms with Gasteiger partial charge in [-0.25, -0.2) is 0 Å². The number of rotatable bonds is 1. The van der Waals surface area contributed by atoms with Crippen LogP contribution in [-0.2, 0) is 0 Å². The Labute approximate surface area is 246 Å². The fourth-order valence-corrected chi connectivity index (χ4v) is 5.12. The van der Waals surface area contributed by atoms with Gasteiger partial charge >= 0.3 is 0 Å². The molecular weight excluding hydrogens is 672 g/mol. The van der Waals surface area contributed by atoms with Gasteiger partial charge in [0.25, 0.3) is 0 Å². The van der Waals surface area contributed by atoms with E-state index in [1.807, 2.05) is 97.1 Å². The van der Waals surface area contributed by atoms with Gasteiger partial charge in [-0.15, -0.1) is 0 Å². The van der Waals surface area contributed by atoms with Crippen molar-refractivity contribution in [2.45, 2.75) is 0 Å². The maximum Gasteiger partial charge on any atom is 0.130 e. The van der Waals surface area contributed by atoms with Crippen molar-refractivity contribution in [2.75, 3.05) is 0 Å². The normalized spacial score (nSPS) is 10.3. The second-order valence-electron chi connectivity index (χ2n) is 8.30. The average Bonchev–Trinajstić information content (AvgIpc) is 2.95. The predicted octanol–water partition coefficient (Wildman–Crippen LogP) is 10.4. The SMILES string of the molecule is Oc1ccc(-c2ccccc2)cc1.Oc1ccc2cc(Br)ccc2c1Br.Oc1ccc2ccccc2c1Br. The van der Waals surface area contributed by atoms with Crippen molar-refractivity contribution in [2.24, 2.45) is 0 Å². The Balaban J connectivity index is 0.000000133. The zero-order valence-electron chi connectivity index (χ0n) is 20.0. The highest BCUT2D eigenvalue weighted by atomic mass is 79.9. The van der Waals surface area contributed by atoms with Crippen LogP contribution in [0.2, 0.25) is 0 Å². The van der Waals surface area contributed by atoms with E-state index in [1.54, 1.807) is 24.3 Å². The van der Waals surface area contributed by atoms with E-state index in [0.717, 1.165) is 40.5 Å². The Bertz CT molecular complexity index is 1670. The molecule has 6 aromatic rings. The van der Waals surface area contributed by atoms with Crippen LogP contribution in [0.5, 0.6) is 17.2 Å². The summed E-state index contributed by atoms with van der Waals surface area (Å²) in [7, 11) is 0. The highest BCUT2D eigenvalue weighted by Gasteiger charge is 2.03. The first-order valence-electron chi connectivity index (χ1n) is 11.6. The molecule has 0 heterocycles. The standard InChI is InChI=1S/C12H10O.C10H6Br2O.C10H7BrO/c13-12-8-6-11(7-9-12)10-4-2-1-3-5-10;11-7-2-3-8-6(5-7)1-4-9(13)10(8)12;11-10-8-4-2-1-3-7(8)5-6-9(10)12/h1-9,13H;1-5,13H;1-6,12H. The van der Waals surface area contributed by atoms with Crippen LogP contribution in [0.15, 0.2) is 135 Å². The Morgan fingerprint density at radius 2 is 0.947 bits per heavy atom. The van der Waals surface area contributed by atoms with Gasteiger partial charge in [-0.2, -0.15) is 0 Å². The van der Waals surface area contributed by atoms with Gasteiger partial charge < -0.3 is 15.3 Å². The largest absolute Gasteiger partial charge is 0.508 e. The van der Waals surface area contributed by atoms with E-state index in [-0.39, 0.29) is 11.5 Å². The predicted molar refractivity (Wildman–Crippen MR) is 168 cm³/mol.